The van der Waals surface area contributed by atoms with E-state index in [1.54, 1.807) is 49.4 Å². The number of halogens is 1. The Balaban J connectivity index is 0.911. The number of anilines is 4. The van der Waals surface area contributed by atoms with Gasteiger partial charge in [0.05, 0.1) is 56.0 Å². The Bertz CT molecular complexity index is 2970. The lowest BCUT2D eigenvalue weighted by Gasteiger charge is -2.35. The van der Waals surface area contributed by atoms with Gasteiger partial charge in [-0.1, -0.05) is 68.8 Å². The number of hydrogen-bond donors (Lipinski definition) is 5. The Kier molecular flexibility index (Phi) is 18.3. The number of para-hydroxylation sites is 1. The number of carbonyl (C=O) groups excluding carboxylic acids is 4. The van der Waals surface area contributed by atoms with Crippen LogP contribution in [0.25, 0.3) is 10.4 Å². The van der Waals surface area contributed by atoms with Crippen molar-refractivity contribution < 1.29 is 37.4 Å². The second-order valence-electron chi connectivity index (χ2n) is 21.1. The van der Waals surface area contributed by atoms with Gasteiger partial charge in [-0.2, -0.15) is 4.98 Å². The van der Waals surface area contributed by atoms with Crippen LogP contribution in [-0.4, -0.2) is 111 Å². The molecule has 0 spiro atoms. The molecule has 4 heterocycles. The van der Waals surface area contributed by atoms with Crippen molar-refractivity contribution in [3.8, 4) is 16.2 Å². The second-order valence-corrected chi connectivity index (χ2v) is 24.8. The van der Waals surface area contributed by atoms with E-state index in [1.165, 1.54) is 11.1 Å². The van der Waals surface area contributed by atoms with Crippen LogP contribution in [0.15, 0.2) is 77.3 Å². The van der Waals surface area contributed by atoms with Gasteiger partial charge in [-0.05, 0) is 119 Å². The zero-order valence-corrected chi connectivity index (χ0v) is 46.6. The topological polar surface area (TPSA) is 225 Å². The summed E-state index contributed by atoms with van der Waals surface area (Å²) in [6, 6.07) is 16.6. The van der Waals surface area contributed by atoms with Crippen molar-refractivity contribution in [3.63, 3.8) is 0 Å². The zero-order valence-electron chi connectivity index (χ0n) is 44.2. The Labute approximate surface area is 449 Å². The molecule has 3 atom stereocenters. The summed E-state index contributed by atoms with van der Waals surface area (Å²) in [4.78, 5) is 72.5. The Morgan fingerprint density at radius 1 is 0.933 bits per heavy atom. The van der Waals surface area contributed by atoms with Gasteiger partial charge in [-0.15, -0.1) is 11.3 Å². The highest BCUT2D eigenvalue weighted by Gasteiger charge is 2.44. The number of nitrogens with zero attached hydrogens (tertiary/aromatic N) is 5. The number of rotatable bonds is 19. The van der Waals surface area contributed by atoms with Gasteiger partial charge in [0, 0.05) is 45.4 Å². The number of hydrogen-bond acceptors (Lipinski definition) is 14. The van der Waals surface area contributed by atoms with Gasteiger partial charge in [-0.25, -0.2) is 18.4 Å². The molecule has 0 aliphatic carbocycles. The van der Waals surface area contributed by atoms with Gasteiger partial charge in [0.25, 0.3) is 0 Å². The van der Waals surface area contributed by atoms with E-state index < -0.39 is 44.6 Å². The summed E-state index contributed by atoms with van der Waals surface area (Å²) in [7, 11) is -3.61. The van der Waals surface area contributed by atoms with E-state index in [4.69, 9.17) is 16.3 Å². The van der Waals surface area contributed by atoms with Crippen molar-refractivity contribution in [2.45, 2.75) is 148 Å². The molecule has 0 saturated carbocycles. The Hall–Kier alpha value is -6.15. The molecule has 0 bridgehead atoms. The molecule has 2 aliphatic rings. The van der Waals surface area contributed by atoms with Crippen molar-refractivity contribution in [2.24, 2.45) is 5.41 Å². The first kappa shape index (κ1) is 56.6. The largest absolute Gasteiger partial charge is 0.489 e. The SMILES string of the molecule is Cc1cc(Nc2ncc(Cl)c(Nc3ccccc3S(=O)(=O)C(C)C)n2)c(OC(C)C)cc1C1CCN(C(=O)CCCC(=O)NC(C(=O)N2C[C@H](O)C[C@H]2C(=O)NCc2ccc(-c3scnc3C)cc2)C(C)(C)C)CC1. The minimum atomic E-state index is -3.61. The van der Waals surface area contributed by atoms with E-state index in [-0.39, 0.29) is 83.8 Å². The molecule has 1 unspecified atom stereocenters. The third-order valence-electron chi connectivity index (χ3n) is 13.6. The minimum Gasteiger partial charge on any atom is -0.489 e. The van der Waals surface area contributed by atoms with E-state index in [2.05, 4.69) is 36.2 Å². The third-order valence-corrected chi connectivity index (χ3v) is 17.0. The number of amides is 4. The smallest absolute Gasteiger partial charge is 0.246 e. The predicted molar refractivity (Wildman–Crippen MR) is 293 cm³/mol. The van der Waals surface area contributed by atoms with Crippen LogP contribution in [0.2, 0.25) is 5.02 Å². The molecule has 2 aliphatic heterocycles. The quantitative estimate of drug-likeness (QED) is 0.0521. The molecule has 5 aromatic rings. The fourth-order valence-corrected chi connectivity index (χ4v) is 11.6. The first-order valence-electron chi connectivity index (χ1n) is 25.5. The second kappa shape index (κ2) is 24.2. The molecule has 7 rings (SSSR count). The number of aryl methyl sites for hydroxylation is 2. The lowest BCUT2D eigenvalue weighted by atomic mass is 9.85. The number of aliphatic hydroxyl groups is 1. The number of β-amino-alcohol motifs (C(OH)–C–C–N with tert-alkyl or cyclic N) is 1. The van der Waals surface area contributed by atoms with Gasteiger partial charge in [0.1, 0.15) is 22.9 Å². The van der Waals surface area contributed by atoms with E-state index in [0.29, 0.717) is 36.6 Å². The summed E-state index contributed by atoms with van der Waals surface area (Å²) < 4.78 is 32.6. The molecule has 0 radical (unpaired) electrons. The first-order valence-corrected chi connectivity index (χ1v) is 28.3. The Morgan fingerprint density at radius 3 is 2.29 bits per heavy atom. The van der Waals surface area contributed by atoms with Crippen LogP contribution >= 0.6 is 22.9 Å². The number of aromatic nitrogens is 3. The molecular weight excluding hydrogens is 1010 g/mol. The number of ether oxygens (including phenoxy) is 1. The molecule has 5 N–H and O–H groups in total. The van der Waals surface area contributed by atoms with Crippen LogP contribution in [0, 0.1) is 19.3 Å². The number of thiazole rings is 1. The van der Waals surface area contributed by atoms with Gasteiger partial charge in [-0.3, -0.25) is 19.2 Å². The highest BCUT2D eigenvalue weighted by molar-refractivity contribution is 7.92. The third kappa shape index (κ3) is 14.0. The number of nitrogens with one attached hydrogen (secondary N) is 4. The molecular formula is C55H70ClN9O8S2. The Morgan fingerprint density at radius 2 is 1.64 bits per heavy atom. The van der Waals surface area contributed by atoms with E-state index in [1.807, 2.05) is 95.3 Å². The maximum atomic E-state index is 14.2. The van der Waals surface area contributed by atoms with Crippen molar-refractivity contribution in [1.82, 2.24) is 35.4 Å². The van der Waals surface area contributed by atoms with Crippen LogP contribution < -0.4 is 26.0 Å². The maximum absolute atomic E-state index is 14.2. The predicted octanol–water partition coefficient (Wildman–Crippen LogP) is 9.01. The van der Waals surface area contributed by atoms with Crippen LogP contribution in [0.1, 0.15) is 115 Å². The first-order chi connectivity index (χ1) is 35.5. The normalized spacial score (nSPS) is 16.8. The number of likely N-dealkylation sites (tertiary alicyclic amines) is 2. The van der Waals surface area contributed by atoms with Crippen molar-refractivity contribution >= 4 is 79.5 Å². The highest BCUT2D eigenvalue weighted by atomic mass is 35.5. The summed E-state index contributed by atoms with van der Waals surface area (Å²) in [6.07, 6.45) is 2.41. The number of aliphatic hydroxyl groups excluding tert-OH is 1. The zero-order chi connectivity index (χ0) is 54.4. The standard InChI is InChI=1S/C55H70ClN9O8S2/c1-32(2)73-45-27-40(34(5)25-43(45)61-54-58-29-41(56)51(63-54)60-42-13-10-11-14-46(42)75(71,72)33(3)4)37-21-23-64(24-22-37)48(68)16-12-15-47(67)62-50(55(7,8)9)53(70)65-30-39(66)26-44(65)52(69)57-28-36-17-19-38(20-18-36)49-35(6)59-31-74-49/h10-11,13-14,17-20,25,27,29,31-33,37,39,44,50,66H,12,15-16,21-24,26,28,30H2,1-9H3,(H,57,69)(H,62,67)(H2,58,60,61,63)/t39-,44+,50?/m1/s1. The summed E-state index contributed by atoms with van der Waals surface area (Å²) in [6.45, 7) is 17.9. The lowest BCUT2D eigenvalue weighted by Crippen LogP contribution is -2.57. The molecule has 75 heavy (non-hydrogen) atoms. The molecule has 20 heteroatoms. The van der Waals surface area contributed by atoms with E-state index in [0.717, 1.165) is 45.7 Å². The average Bonchev–Trinajstić information content (AvgIpc) is 3.98. The van der Waals surface area contributed by atoms with Gasteiger partial charge < -0.3 is 40.9 Å². The summed E-state index contributed by atoms with van der Waals surface area (Å²) in [5.74, 6) is -0.0582. The molecule has 2 fully saturated rings. The summed E-state index contributed by atoms with van der Waals surface area (Å²) in [5.41, 5.74) is 7.05. The van der Waals surface area contributed by atoms with E-state index in [9.17, 15) is 32.7 Å². The number of carbonyl (C=O) groups is 4. The van der Waals surface area contributed by atoms with Crippen molar-refractivity contribution in [1.29, 1.82) is 0 Å². The molecule has 17 nitrogen and oxygen atoms in total. The van der Waals surface area contributed by atoms with Crippen molar-refractivity contribution in [2.75, 3.05) is 30.3 Å². The van der Waals surface area contributed by atoms with Crippen molar-refractivity contribution in [3.05, 3.63) is 99.8 Å². The number of piperidine rings is 1. The highest BCUT2D eigenvalue weighted by Crippen LogP contribution is 2.39. The fourth-order valence-electron chi connectivity index (χ4n) is 9.44. The number of sulfone groups is 1. The number of benzene rings is 3. The van der Waals surface area contributed by atoms with Gasteiger partial charge in [0.15, 0.2) is 15.7 Å². The fraction of sp³-hybridized carbons (Fsp3) is 0.473. The van der Waals surface area contributed by atoms with Gasteiger partial charge in [0.2, 0.25) is 29.6 Å². The van der Waals surface area contributed by atoms with Gasteiger partial charge >= 0.3 is 0 Å². The van der Waals surface area contributed by atoms with E-state index >= 15 is 0 Å². The average molecular weight is 1080 g/mol. The van der Waals surface area contributed by atoms with Crippen LogP contribution in [-0.2, 0) is 35.6 Å². The van der Waals surface area contributed by atoms with Crippen LogP contribution in [0.5, 0.6) is 5.75 Å². The summed E-state index contributed by atoms with van der Waals surface area (Å²) >= 11 is 8.09. The molecule has 2 saturated heterocycles. The summed E-state index contributed by atoms with van der Waals surface area (Å²) in [5, 5.41) is 22.5. The maximum Gasteiger partial charge on any atom is 0.246 e. The monoisotopic (exact) mass is 1080 g/mol. The lowest BCUT2D eigenvalue weighted by molar-refractivity contribution is -0.144. The molecule has 4 amide bonds. The molecule has 402 valence electrons. The minimum absolute atomic E-state index is 0.0314. The molecule has 3 aromatic carbocycles. The molecule has 2 aromatic heterocycles. The van der Waals surface area contributed by atoms with Crippen LogP contribution in [0.3, 0.4) is 0 Å². The van der Waals surface area contributed by atoms with Crippen LogP contribution in [0.4, 0.5) is 23.1 Å².